The van der Waals surface area contributed by atoms with Crippen molar-refractivity contribution >= 4 is 17.6 Å². The van der Waals surface area contributed by atoms with Crippen LogP contribution in [0.25, 0.3) is 0 Å². The highest BCUT2D eigenvalue weighted by Gasteiger charge is 2.40. The van der Waals surface area contributed by atoms with E-state index in [0.717, 1.165) is 30.2 Å². The first-order valence-electron chi connectivity index (χ1n) is 6.93. The monoisotopic (exact) mass is 275 g/mol. The lowest BCUT2D eigenvalue weighted by Crippen LogP contribution is -3.14. The fourth-order valence-electron chi connectivity index (χ4n) is 2.84. The molecule has 1 spiro atoms. The molecule has 1 aliphatic heterocycles. The zero-order chi connectivity index (χ0) is 14.0. The number of hydrogen-bond donors (Lipinski definition) is 5. The summed E-state index contributed by atoms with van der Waals surface area (Å²) in [4.78, 5) is 6.80. The second kappa shape index (κ2) is 5.03. The lowest BCUT2D eigenvalue weighted by molar-refractivity contribution is -0.797. The molecule has 3 rings (SSSR count). The second-order valence-corrected chi connectivity index (χ2v) is 5.31. The lowest BCUT2D eigenvalue weighted by Gasteiger charge is -2.22. The van der Waals surface area contributed by atoms with E-state index < -0.39 is 0 Å². The average molecular weight is 275 g/mol. The quantitative estimate of drug-likeness (QED) is 0.424. The maximum absolute atomic E-state index is 5.95. The van der Waals surface area contributed by atoms with Crippen molar-refractivity contribution in [2.75, 3.05) is 12.4 Å². The lowest BCUT2D eigenvalue weighted by atomic mass is 10.1. The minimum absolute atomic E-state index is 0.107. The zero-order valence-corrected chi connectivity index (χ0v) is 11.6. The summed E-state index contributed by atoms with van der Waals surface area (Å²) in [5.41, 5.74) is 6.82. The van der Waals surface area contributed by atoms with Crippen molar-refractivity contribution in [3.05, 3.63) is 24.3 Å². The molecule has 0 unspecified atom stereocenters. The first kappa shape index (κ1) is 12.8. The third-order valence-electron chi connectivity index (χ3n) is 3.81. The number of hydrogen-bond acceptors (Lipinski definition) is 4. The van der Waals surface area contributed by atoms with Gasteiger partial charge in [-0.2, -0.15) is 5.32 Å². The standard InChI is InChI=1S/C14H19N5O/c1-20-11-6-4-10(5-7-11)16-13-17-12(15)18-14(19-13)8-2-3-9-14/h4-7H,2-3,8-9H2,1H3,(H4,15,16,17,18,19)/p+2. The van der Waals surface area contributed by atoms with Crippen LogP contribution >= 0.6 is 0 Å². The van der Waals surface area contributed by atoms with E-state index in [-0.39, 0.29) is 5.66 Å². The minimum atomic E-state index is -0.107. The van der Waals surface area contributed by atoms with E-state index >= 15 is 0 Å². The van der Waals surface area contributed by atoms with Gasteiger partial charge in [0, 0.05) is 12.8 Å². The van der Waals surface area contributed by atoms with E-state index in [2.05, 4.69) is 20.6 Å². The molecule has 6 heteroatoms. The molecule has 0 aromatic heterocycles. The molecule has 106 valence electrons. The number of guanidine groups is 2. The molecule has 0 atom stereocenters. The molecule has 0 amide bonds. The minimum Gasteiger partial charge on any atom is -0.497 e. The van der Waals surface area contributed by atoms with E-state index in [0.29, 0.717) is 5.96 Å². The molecule has 0 radical (unpaired) electrons. The van der Waals surface area contributed by atoms with Crippen LogP contribution in [-0.2, 0) is 0 Å². The molecule has 1 aromatic carbocycles. The molecule has 1 aromatic rings. The van der Waals surface area contributed by atoms with Crippen molar-refractivity contribution in [1.29, 1.82) is 0 Å². The van der Waals surface area contributed by atoms with E-state index in [4.69, 9.17) is 10.5 Å². The van der Waals surface area contributed by atoms with Crippen molar-refractivity contribution in [3.8, 4) is 5.75 Å². The van der Waals surface area contributed by atoms with Crippen LogP contribution in [-0.4, -0.2) is 24.7 Å². The molecular weight excluding hydrogens is 254 g/mol. The predicted octanol–water partition coefficient (Wildman–Crippen LogP) is -2.19. The van der Waals surface area contributed by atoms with E-state index in [1.165, 1.54) is 12.8 Å². The maximum atomic E-state index is 5.95. The Morgan fingerprint density at radius 2 is 1.90 bits per heavy atom. The summed E-state index contributed by atoms with van der Waals surface area (Å²) >= 11 is 0. The van der Waals surface area contributed by atoms with Crippen LogP contribution in [0.4, 0.5) is 5.69 Å². The molecule has 1 saturated carbocycles. The number of anilines is 1. The Kier molecular flexibility index (Phi) is 3.22. The topological polar surface area (TPSA) is 87.2 Å². The third-order valence-corrected chi connectivity index (χ3v) is 3.81. The van der Waals surface area contributed by atoms with Crippen LogP contribution in [0.2, 0.25) is 0 Å². The number of ether oxygens (including phenoxy) is 1. The van der Waals surface area contributed by atoms with E-state index in [1.54, 1.807) is 7.11 Å². The number of nitrogens with one attached hydrogen (secondary N) is 4. The predicted molar refractivity (Wildman–Crippen MR) is 77.1 cm³/mol. The molecule has 1 aliphatic carbocycles. The van der Waals surface area contributed by atoms with Gasteiger partial charge in [-0.1, -0.05) is 0 Å². The van der Waals surface area contributed by atoms with Gasteiger partial charge < -0.3 is 4.74 Å². The van der Waals surface area contributed by atoms with Gasteiger partial charge in [0.1, 0.15) is 5.75 Å². The van der Waals surface area contributed by atoms with Crippen molar-refractivity contribution in [1.82, 2.24) is 5.32 Å². The van der Waals surface area contributed by atoms with Gasteiger partial charge in [0.15, 0.2) is 0 Å². The molecule has 6 N–H and O–H groups in total. The second-order valence-electron chi connectivity index (χ2n) is 5.31. The fourth-order valence-corrected chi connectivity index (χ4v) is 2.84. The Morgan fingerprint density at radius 1 is 1.20 bits per heavy atom. The van der Waals surface area contributed by atoms with Crippen molar-refractivity contribution in [3.63, 3.8) is 0 Å². The summed E-state index contributed by atoms with van der Waals surface area (Å²) in [5, 5.41) is 6.40. The molecule has 1 heterocycles. The Labute approximate surface area is 118 Å². The highest BCUT2D eigenvalue weighted by molar-refractivity contribution is 6.00. The normalized spacial score (nSPS) is 20.1. The Balaban J connectivity index is 1.77. The van der Waals surface area contributed by atoms with Crippen LogP contribution in [0.3, 0.4) is 0 Å². The summed E-state index contributed by atoms with van der Waals surface area (Å²) in [6.07, 6.45) is 4.57. The van der Waals surface area contributed by atoms with Gasteiger partial charge >= 0.3 is 11.9 Å². The molecule has 6 nitrogen and oxygen atoms in total. The Bertz CT molecular complexity index is 543. The third kappa shape index (κ3) is 2.54. The highest BCUT2D eigenvalue weighted by Crippen LogP contribution is 2.19. The smallest absolute Gasteiger partial charge is 0.360 e. The van der Waals surface area contributed by atoms with Gasteiger partial charge in [0.25, 0.3) is 0 Å². The molecule has 0 saturated heterocycles. The van der Waals surface area contributed by atoms with Crippen LogP contribution in [0.15, 0.2) is 24.3 Å². The maximum Gasteiger partial charge on any atom is 0.360 e. The Morgan fingerprint density at radius 3 is 2.55 bits per heavy atom. The summed E-state index contributed by atoms with van der Waals surface area (Å²) in [5.74, 6) is 2.24. The van der Waals surface area contributed by atoms with E-state index in [1.807, 2.05) is 24.3 Å². The molecule has 2 aliphatic rings. The average Bonchev–Trinajstić information content (AvgIpc) is 2.86. The first-order valence-corrected chi connectivity index (χ1v) is 6.93. The van der Waals surface area contributed by atoms with Crippen LogP contribution in [0, 0.1) is 0 Å². The fraction of sp³-hybridized carbons (Fsp3) is 0.429. The summed E-state index contributed by atoms with van der Waals surface area (Å²) in [6, 6.07) is 7.77. The SMILES string of the molecule is COc1ccc(NC2=[NH+]C3(CCCC3)[NH+]=C(N)N2)cc1. The van der Waals surface area contributed by atoms with Crippen molar-refractivity contribution in [2.24, 2.45) is 5.73 Å². The number of benzene rings is 1. The van der Waals surface area contributed by atoms with Gasteiger partial charge in [-0.3, -0.25) is 5.73 Å². The molecule has 20 heavy (non-hydrogen) atoms. The van der Waals surface area contributed by atoms with E-state index in [9.17, 15) is 0 Å². The first-order chi connectivity index (χ1) is 9.69. The van der Waals surface area contributed by atoms with Crippen molar-refractivity contribution < 1.29 is 14.7 Å². The van der Waals surface area contributed by atoms with Crippen molar-refractivity contribution in [2.45, 2.75) is 31.3 Å². The van der Waals surface area contributed by atoms with Gasteiger partial charge in [-0.25, -0.2) is 15.3 Å². The van der Waals surface area contributed by atoms with Gasteiger partial charge in [-0.05, 0) is 37.1 Å². The molecular formula is C14H21N5O+2. The number of rotatable bonds is 2. The van der Waals surface area contributed by atoms with Crippen LogP contribution < -0.4 is 31.1 Å². The van der Waals surface area contributed by atoms with Gasteiger partial charge in [-0.15, -0.1) is 0 Å². The summed E-state index contributed by atoms with van der Waals surface area (Å²) in [6.45, 7) is 0. The molecule has 0 bridgehead atoms. The number of methoxy groups -OCH3 is 1. The van der Waals surface area contributed by atoms with Crippen LogP contribution in [0.1, 0.15) is 25.7 Å². The van der Waals surface area contributed by atoms with Gasteiger partial charge in [0.2, 0.25) is 5.66 Å². The van der Waals surface area contributed by atoms with Gasteiger partial charge in [0.05, 0.1) is 12.8 Å². The molecule has 1 fully saturated rings. The zero-order valence-electron chi connectivity index (χ0n) is 11.6. The summed E-state index contributed by atoms with van der Waals surface area (Å²) in [7, 11) is 1.66. The Hall–Kier alpha value is -2.24. The number of nitrogens with two attached hydrogens (primary N) is 1. The van der Waals surface area contributed by atoms with Crippen LogP contribution in [0.5, 0.6) is 5.75 Å². The largest absolute Gasteiger partial charge is 0.497 e. The highest BCUT2D eigenvalue weighted by atomic mass is 16.5. The summed E-state index contributed by atoms with van der Waals surface area (Å²) < 4.78 is 5.15.